The topological polar surface area (TPSA) is 75.7 Å². The molecule has 2 heterocycles. The summed E-state index contributed by atoms with van der Waals surface area (Å²) in [6, 6.07) is 6.78. The van der Waals surface area contributed by atoms with Crippen molar-refractivity contribution in [1.82, 2.24) is 4.31 Å². The van der Waals surface area contributed by atoms with Gasteiger partial charge < -0.3 is 10.1 Å². The molecule has 6 nitrogen and oxygen atoms in total. The number of hydrogen-bond acceptors (Lipinski definition) is 5. The second kappa shape index (κ2) is 8.69. The fourth-order valence-corrected chi connectivity index (χ4v) is 7.01. The molecule has 2 aromatic rings. The van der Waals surface area contributed by atoms with Crippen LogP contribution in [0.4, 0.5) is 5.69 Å². The van der Waals surface area contributed by atoms with Crippen LogP contribution in [-0.4, -0.2) is 38.8 Å². The van der Waals surface area contributed by atoms with Crippen molar-refractivity contribution in [1.29, 1.82) is 0 Å². The first-order valence-electron chi connectivity index (χ1n) is 10.5. The number of thiophene rings is 1. The van der Waals surface area contributed by atoms with Gasteiger partial charge in [-0.05, 0) is 67.9 Å². The van der Waals surface area contributed by atoms with Crippen molar-refractivity contribution >= 4 is 33.0 Å². The van der Waals surface area contributed by atoms with Gasteiger partial charge in [0.05, 0.1) is 12.0 Å². The van der Waals surface area contributed by atoms with Gasteiger partial charge in [0.15, 0.2) is 0 Å². The zero-order valence-corrected chi connectivity index (χ0v) is 19.1. The second-order valence-electron chi connectivity index (χ2n) is 8.19. The summed E-state index contributed by atoms with van der Waals surface area (Å²) >= 11 is 1.54. The summed E-state index contributed by atoms with van der Waals surface area (Å²) in [6.45, 7) is 3.27. The number of carbonyl (C=O) groups is 1. The van der Waals surface area contributed by atoms with Crippen molar-refractivity contribution in [3.8, 4) is 5.75 Å². The Morgan fingerprint density at radius 3 is 2.70 bits per heavy atom. The molecule has 1 unspecified atom stereocenters. The first-order chi connectivity index (χ1) is 14.4. The average molecular weight is 449 g/mol. The number of hydrogen-bond donors (Lipinski definition) is 1. The molecule has 1 atom stereocenters. The van der Waals surface area contributed by atoms with Crippen molar-refractivity contribution in [3.63, 3.8) is 0 Å². The van der Waals surface area contributed by atoms with Gasteiger partial charge in [0, 0.05) is 23.7 Å². The van der Waals surface area contributed by atoms with Crippen molar-refractivity contribution < 1.29 is 17.9 Å². The van der Waals surface area contributed by atoms with Crippen LogP contribution in [0.25, 0.3) is 0 Å². The molecule has 1 aliphatic heterocycles. The summed E-state index contributed by atoms with van der Waals surface area (Å²) in [5, 5.41) is 2.88. The van der Waals surface area contributed by atoms with E-state index in [0.717, 1.165) is 38.5 Å². The van der Waals surface area contributed by atoms with Gasteiger partial charge in [0.1, 0.15) is 10.6 Å². The standard InChI is InChI=1S/C22H28N2O4S2/c1-15-6-9-19-16(12-15)13-20(29-19)22(25)23-17-7-8-18(28-2)21(14-17)30(26,27)24-10-4-3-5-11-24/h7-8,13-15H,3-6,9-12H2,1-2H3,(H,23,25). The highest BCUT2D eigenvalue weighted by atomic mass is 32.2. The molecule has 0 radical (unpaired) electrons. The monoisotopic (exact) mass is 448 g/mol. The van der Waals surface area contributed by atoms with Gasteiger partial charge in [-0.25, -0.2) is 8.42 Å². The number of carbonyl (C=O) groups excluding carboxylic acids is 1. The maximum absolute atomic E-state index is 13.2. The minimum absolute atomic E-state index is 0.101. The lowest BCUT2D eigenvalue weighted by atomic mass is 9.90. The fraction of sp³-hybridized carbons (Fsp3) is 0.500. The van der Waals surface area contributed by atoms with Crippen molar-refractivity contribution in [2.45, 2.75) is 50.3 Å². The fourth-order valence-electron chi connectivity index (χ4n) is 4.21. The number of nitrogens with zero attached hydrogens (tertiary/aromatic N) is 1. The van der Waals surface area contributed by atoms with Crippen LogP contribution in [0.15, 0.2) is 29.2 Å². The summed E-state index contributed by atoms with van der Waals surface area (Å²) in [4.78, 5) is 14.9. The Morgan fingerprint density at radius 2 is 1.97 bits per heavy atom. The lowest BCUT2D eigenvalue weighted by molar-refractivity contribution is 0.103. The number of ether oxygens (including phenoxy) is 1. The molecular weight excluding hydrogens is 420 g/mol. The maximum Gasteiger partial charge on any atom is 0.265 e. The number of benzene rings is 1. The number of sulfonamides is 1. The number of methoxy groups -OCH3 is 1. The summed E-state index contributed by atoms with van der Waals surface area (Å²) in [5.74, 6) is 0.736. The summed E-state index contributed by atoms with van der Waals surface area (Å²) in [5.41, 5.74) is 1.73. The smallest absolute Gasteiger partial charge is 0.265 e. The van der Waals surface area contributed by atoms with Crippen LogP contribution in [0.3, 0.4) is 0 Å². The van der Waals surface area contributed by atoms with E-state index in [-0.39, 0.29) is 10.8 Å². The van der Waals surface area contributed by atoms with E-state index in [2.05, 4.69) is 12.2 Å². The minimum Gasteiger partial charge on any atom is -0.495 e. The lowest BCUT2D eigenvalue weighted by Gasteiger charge is -2.26. The highest BCUT2D eigenvalue weighted by Crippen LogP contribution is 2.34. The molecule has 1 amide bonds. The van der Waals surface area contributed by atoms with Crippen LogP contribution in [-0.2, 0) is 22.9 Å². The van der Waals surface area contributed by atoms with Gasteiger partial charge in [-0.3, -0.25) is 4.79 Å². The van der Waals surface area contributed by atoms with E-state index < -0.39 is 10.0 Å². The van der Waals surface area contributed by atoms with Gasteiger partial charge in [-0.1, -0.05) is 13.3 Å². The van der Waals surface area contributed by atoms with Crippen LogP contribution in [0, 0.1) is 5.92 Å². The number of amides is 1. The Labute approximate surface area is 182 Å². The van der Waals surface area contributed by atoms with E-state index in [9.17, 15) is 13.2 Å². The molecule has 0 saturated carbocycles. The van der Waals surface area contributed by atoms with Crippen molar-refractivity contribution in [2.24, 2.45) is 5.92 Å². The molecular formula is C22H28N2O4S2. The zero-order chi connectivity index (χ0) is 21.3. The number of fused-ring (bicyclic) bond motifs is 1. The van der Waals surface area contributed by atoms with Gasteiger partial charge in [0.2, 0.25) is 10.0 Å². The van der Waals surface area contributed by atoms with Gasteiger partial charge in [0.25, 0.3) is 5.91 Å². The maximum atomic E-state index is 13.2. The van der Waals surface area contributed by atoms with E-state index >= 15 is 0 Å². The van der Waals surface area contributed by atoms with Crippen molar-refractivity contribution in [2.75, 3.05) is 25.5 Å². The molecule has 1 saturated heterocycles. The van der Waals surface area contributed by atoms with Crippen LogP contribution in [0.1, 0.15) is 52.7 Å². The van der Waals surface area contributed by atoms with E-state index in [1.807, 2.05) is 6.07 Å². The Balaban J connectivity index is 1.58. The molecule has 0 bridgehead atoms. The first kappa shape index (κ1) is 21.3. The second-order valence-corrected chi connectivity index (χ2v) is 11.2. The van der Waals surface area contributed by atoms with Gasteiger partial charge in [-0.2, -0.15) is 4.31 Å². The molecule has 0 spiro atoms. The molecule has 8 heteroatoms. The normalized spacial score (nSPS) is 19.9. The molecule has 162 valence electrons. The SMILES string of the molecule is COc1ccc(NC(=O)c2cc3c(s2)CCC(C)C3)cc1S(=O)(=O)N1CCCCC1. The molecule has 2 aliphatic rings. The third kappa shape index (κ3) is 4.26. The van der Waals surface area contributed by atoms with Crippen LogP contribution in [0.5, 0.6) is 5.75 Å². The third-order valence-electron chi connectivity index (χ3n) is 5.91. The zero-order valence-electron chi connectivity index (χ0n) is 17.4. The molecule has 1 N–H and O–H groups in total. The van der Waals surface area contributed by atoms with Crippen LogP contribution in [0.2, 0.25) is 0 Å². The molecule has 30 heavy (non-hydrogen) atoms. The molecule has 1 fully saturated rings. The number of aryl methyl sites for hydroxylation is 1. The molecule has 1 aromatic heterocycles. The van der Waals surface area contributed by atoms with E-state index in [1.165, 1.54) is 27.9 Å². The predicted molar refractivity (Wildman–Crippen MR) is 119 cm³/mol. The summed E-state index contributed by atoms with van der Waals surface area (Å²) in [7, 11) is -2.22. The molecule has 1 aromatic carbocycles. The third-order valence-corrected chi connectivity index (χ3v) is 9.06. The van der Waals surface area contributed by atoms with Crippen LogP contribution >= 0.6 is 11.3 Å². The number of anilines is 1. The quantitative estimate of drug-likeness (QED) is 0.740. The van der Waals surface area contributed by atoms with E-state index in [1.54, 1.807) is 23.5 Å². The molecule has 1 aliphatic carbocycles. The van der Waals surface area contributed by atoms with Crippen LogP contribution < -0.4 is 10.1 Å². The predicted octanol–water partition coefficient (Wildman–Crippen LogP) is 4.31. The summed E-state index contributed by atoms with van der Waals surface area (Å²) < 4.78 is 33.2. The number of rotatable bonds is 5. The van der Waals surface area contributed by atoms with Gasteiger partial charge in [-0.15, -0.1) is 11.3 Å². The Hall–Kier alpha value is -1.90. The van der Waals surface area contributed by atoms with E-state index in [0.29, 0.717) is 35.3 Å². The lowest BCUT2D eigenvalue weighted by Crippen LogP contribution is -2.35. The minimum atomic E-state index is -3.68. The van der Waals surface area contributed by atoms with Crippen molar-refractivity contribution in [3.05, 3.63) is 39.6 Å². The Kier molecular flexibility index (Phi) is 6.18. The molecule has 4 rings (SSSR count). The Bertz CT molecular complexity index is 1040. The van der Waals surface area contributed by atoms with E-state index in [4.69, 9.17) is 4.74 Å². The number of nitrogens with one attached hydrogen (secondary N) is 1. The summed E-state index contributed by atoms with van der Waals surface area (Å²) in [6.07, 6.45) is 5.96. The first-order valence-corrected chi connectivity index (χ1v) is 12.8. The number of piperidine rings is 1. The Morgan fingerprint density at radius 1 is 1.20 bits per heavy atom. The average Bonchev–Trinajstić information content (AvgIpc) is 3.17. The largest absolute Gasteiger partial charge is 0.495 e. The van der Waals surface area contributed by atoms with Gasteiger partial charge >= 0.3 is 0 Å². The highest BCUT2D eigenvalue weighted by Gasteiger charge is 2.29. The highest BCUT2D eigenvalue weighted by molar-refractivity contribution is 7.89.